The van der Waals surface area contributed by atoms with Crippen molar-refractivity contribution in [2.75, 3.05) is 19.7 Å². The first-order chi connectivity index (χ1) is 10.6. The standard InChI is InChI=1S/C18H37NO4Si/c1-16(2,3)23-15(21)19-11-10-14(20)18(7,12-19)13-22-24(8,9)17(4,5)6/h14,20H,10-13H2,1-9H3. The van der Waals surface area contributed by atoms with E-state index >= 15 is 0 Å². The van der Waals surface area contributed by atoms with Crippen molar-refractivity contribution < 1.29 is 19.1 Å². The van der Waals surface area contributed by atoms with Gasteiger partial charge in [0, 0.05) is 25.1 Å². The van der Waals surface area contributed by atoms with E-state index in [9.17, 15) is 9.90 Å². The van der Waals surface area contributed by atoms with Crippen molar-refractivity contribution in [2.24, 2.45) is 5.41 Å². The summed E-state index contributed by atoms with van der Waals surface area (Å²) in [5.74, 6) is 0. The smallest absolute Gasteiger partial charge is 0.410 e. The zero-order chi connectivity index (χ0) is 19.0. The van der Waals surface area contributed by atoms with Crippen LogP contribution in [0, 0.1) is 5.41 Å². The molecule has 1 heterocycles. The average Bonchev–Trinajstić information content (AvgIpc) is 2.37. The lowest BCUT2D eigenvalue weighted by atomic mass is 9.80. The third-order valence-corrected chi connectivity index (χ3v) is 9.73. The SMILES string of the molecule is CC(C)(C)OC(=O)N1CCC(O)C(C)(CO[Si](C)(C)C(C)(C)C)C1. The molecule has 0 aliphatic carbocycles. The van der Waals surface area contributed by atoms with Gasteiger partial charge in [0.05, 0.1) is 6.10 Å². The molecule has 0 aromatic heterocycles. The van der Waals surface area contributed by atoms with E-state index in [1.165, 1.54) is 0 Å². The predicted octanol–water partition coefficient (Wildman–Crippen LogP) is 4.02. The lowest BCUT2D eigenvalue weighted by Crippen LogP contribution is -2.56. The molecule has 0 saturated carbocycles. The van der Waals surface area contributed by atoms with Crippen LogP contribution in [0.3, 0.4) is 0 Å². The maximum absolute atomic E-state index is 12.4. The van der Waals surface area contributed by atoms with Crippen LogP contribution in [0.5, 0.6) is 0 Å². The van der Waals surface area contributed by atoms with Crippen LogP contribution in [0.25, 0.3) is 0 Å². The average molecular weight is 360 g/mol. The normalized spacial score (nSPS) is 26.4. The van der Waals surface area contributed by atoms with E-state index in [1.54, 1.807) is 4.90 Å². The maximum Gasteiger partial charge on any atom is 0.410 e. The lowest BCUT2D eigenvalue weighted by molar-refractivity contribution is -0.0651. The number of carbonyl (C=O) groups excluding carboxylic acids is 1. The minimum atomic E-state index is -1.90. The summed E-state index contributed by atoms with van der Waals surface area (Å²) in [5.41, 5.74) is -0.980. The van der Waals surface area contributed by atoms with E-state index in [2.05, 4.69) is 33.9 Å². The summed E-state index contributed by atoms with van der Waals surface area (Å²) in [5, 5.41) is 10.6. The van der Waals surface area contributed by atoms with Gasteiger partial charge >= 0.3 is 6.09 Å². The molecule has 2 unspecified atom stereocenters. The summed E-state index contributed by atoms with van der Waals surface area (Å²) in [6, 6.07) is 0. The highest BCUT2D eigenvalue weighted by Gasteiger charge is 2.45. The fourth-order valence-corrected chi connectivity index (χ4v) is 3.56. The summed E-state index contributed by atoms with van der Waals surface area (Å²) >= 11 is 0. The Kier molecular flexibility index (Phi) is 6.22. The second kappa shape index (κ2) is 6.96. The topological polar surface area (TPSA) is 59.0 Å². The molecule has 1 amide bonds. The van der Waals surface area contributed by atoms with Gasteiger partial charge in [-0.1, -0.05) is 27.7 Å². The molecule has 5 nitrogen and oxygen atoms in total. The Hall–Kier alpha value is -0.593. The molecule has 6 heteroatoms. The zero-order valence-electron chi connectivity index (χ0n) is 17.0. The molecule has 0 spiro atoms. The number of ether oxygens (including phenoxy) is 1. The molecule has 0 bridgehead atoms. The fourth-order valence-electron chi connectivity index (χ4n) is 2.43. The number of likely N-dealkylation sites (tertiary alicyclic amines) is 1. The molecule has 24 heavy (non-hydrogen) atoms. The summed E-state index contributed by atoms with van der Waals surface area (Å²) < 4.78 is 11.8. The van der Waals surface area contributed by atoms with Crippen molar-refractivity contribution in [1.29, 1.82) is 0 Å². The molecule has 0 radical (unpaired) electrons. The number of piperidine rings is 1. The second-order valence-corrected chi connectivity index (χ2v) is 14.7. The molecule has 0 aromatic carbocycles. The lowest BCUT2D eigenvalue weighted by Gasteiger charge is -2.46. The van der Waals surface area contributed by atoms with Gasteiger partial charge in [-0.2, -0.15) is 0 Å². The summed E-state index contributed by atoms with van der Waals surface area (Å²) in [6.07, 6.45) is -0.231. The zero-order valence-corrected chi connectivity index (χ0v) is 18.0. The monoisotopic (exact) mass is 359 g/mol. The Morgan fingerprint density at radius 2 is 1.79 bits per heavy atom. The molecule has 2 atom stereocenters. The number of aliphatic hydroxyl groups is 1. The van der Waals surface area contributed by atoms with Gasteiger partial charge < -0.3 is 19.2 Å². The highest BCUT2D eigenvalue weighted by molar-refractivity contribution is 6.74. The van der Waals surface area contributed by atoms with Gasteiger partial charge in [-0.3, -0.25) is 0 Å². The molecule has 1 N–H and O–H groups in total. The Morgan fingerprint density at radius 1 is 1.25 bits per heavy atom. The Balaban J connectivity index is 2.79. The summed E-state index contributed by atoms with van der Waals surface area (Å²) in [4.78, 5) is 14.1. The number of amides is 1. The highest BCUT2D eigenvalue weighted by Crippen LogP contribution is 2.39. The van der Waals surface area contributed by atoms with Crippen LogP contribution in [-0.4, -0.2) is 55.8 Å². The maximum atomic E-state index is 12.4. The van der Waals surface area contributed by atoms with E-state index in [0.29, 0.717) is 26.1 Å². The molecule has 142 valence electrons. The van der Waals surface area contributed by atoms with E-state index < -0.39 is 25.4 Å². The van der Waals surface area contributed by atoms with Crippen LogP contribution in [0.1, 0.15) is 54.9 Å². The number of nitrogens with zero attached hydrogens (tertiary/aromatic N) is 1. The van der Waals surface area contributed by atoms with Crippen molar-refractivity contribution in [1.82, 2.24) is 4.90 Å². The Morgan fingerprint density at radius 3 is 2.25 bits per heavy atom. The van der Waals surface area contributed by atoms with E-state index in [-0.39, 0.29) is 11.1 Å². The highest BCUT2D eigenvalue weighted by atomic mass is 28.4. The molecular formula is C18H37NO4Si. The van der Waals surface area contributed by atoms with Crippen LogP contribution >= 0.6 is 0 Å². The van der Waals surface area contributed by atoms with Crippen LogP contribution < -0.4 is 0 Å². The Bertz CT molecular complexity index is 453. The van der Waals surface area contributed by atoms with Gasteiger partial charge in [0.2, 0.25) is 0 Å². The molecule has 1 fully saturated rings. The molecule has 1 rings (SSSR count). The molecule has 1 aliphatic heterocycles. The van der Waals surface area contributed by atoms with Crippen molar-refractivity contribution in [2.45, 2.75) is 84.7 Å². The summed E-state index contributed by atoms with van der Waals surface area (Å²) in [7, 11) is -1.90. The van der Waals surface area contributed by atoms with Crippen molar-refractivity contribution in [3.63, 3.8) is 0 Å². The summed E-state index contributed by atoms with van der Waals surface area (Å²) in [6.45, 7) is 20.0. The fraction of sp³-hybridized carbons (Fsp3) is 0.944. The van der Waals surface area contributed by atoms with E-state index in [1.807, 2.05) is 27.7 Å². The number of rotatable bonds is 3. The van der Waals surface area contributed by atoms with E-state index in [4.69, 9.17) is 9.16 Å². The Labute approximate surface area is 148 Å². The first-order valence-corrected chi connectivity index (χ1v) is 11.8. The van der Waals surface area contributed by atoms with E-state index in [0.717, 1.165) is 0 Å². The number of hydrogen-bond donors (Lipinski definition) is 1. The van der Waals surface area contributed by atoms with Crippen molar-refractivity contribution in [3.05, 3.63) is 0 Å². The minimum Gasteiger partial charge on any atom is -0.444 e. The van der Waals surface area contributed by atoms with Gasteiger partial charge in [-0.15, -0.1) is 0 Å². The first kappa shape index (κ1) is 21.4. The first-order valence-electron chi connectivity index (χ1n) is 8.87. The van der Waals surface area contributed by atoms with Crippen LogP contribution in [0.4, 0.5) is 4.79 Å². The quantitative estimate of drug-likeness (QED) is 0.773. The van der Waals surface area contributed by atoms with Crippen molar-refractivity contribution >= 4 is 14.4 Å². The van der Waals surface area contributed by atoms with Gasteiger partial charge in [-0.25, -0.2) is 4.79 Å². The third kappa shape index (κ3) is 5.46. The largest absolute Gasteiger partial charge is 0.444 e. The van der Waals surface area contributed by atoms with Crippen LogP contribution in [0.2, 0.25) is 18.1 Å². The predicted molar refractivity (Wildman–Crippen MR) is 99.7 cm³/mol. The molecule has 1 aliphatic rings. The number of hydrogen-bond acceptors (Lipinski definition) is 4. The second-order valence-electron chi connectivity index (χ2n) is 9.91. The van der Waals surface area contributed by atoms with Crippen LogP contribution in [-0.2, 0) is 9.16 Å². The van der Waals surface area contributed by atoms with Crippen LogP contribution in [0.15, 0.2) is 0 Å². The van der Waals surface area contributed by atoms with Gasteiger partial charge in [-0.05, 0) is 45.3 Å². The molecule has 0 aromatic rings. The molecular weight excluding hydrogens is 322 g/mol. The third-order valence-electron chi connectivity index (χ3n) is 5.25. The number of carbonyl (C=O) groups is 1. The number of aliphatic hydroxyl groups excluding tert-OH is 1. The minimum absolute atomic E-state index is 0.119. The van der Waals surface area contributed by atoms with Crippen molar-refractivity contribution in [3.8, 4) is 0 Å². The van der Waals surface area contributed by atoms with Gasteiger partial charge in [0.25, 0.3) is 0 Å². The van der Waals surface area contributed by atoms with Gasteiger partial charge in [0.1, 0.15) is 5.60 Å². The molecule has 1 saturated heterocycles. The van der Waals surface area contributed by atoms with Gasteiger partial charge in [0.15, 0.2) is 8.32 Å².